The molecule has 0 amide bonds. The van der Waals surface area contributed by atoms with E-state index in [9.17, 15) is 4.79 Å². The van der Waals surface area contributed by atoms with E-state index >= 15 is 0 Å². The summed E-state index contributed by atoms with van der Waals surface area (Å²) in [6, 6.07) is 8.40. The number of rotatable bonds is 7. The summed E-state index contributed by atoms with van der Waals surface area (Å²) in [6.07, 6.45) is 5.55. The Hall–Kier alpha value is -1.71. The van der Waals surface area contributed by atoms with Crippen molar-refractivity contribution in [2.75, 3.05) is 11.9 Å². The number of ether oxygens (including phenoxy) is 1. The minimum absolute atomic E-state index is 0.160. The highest BCUT2D eigenvalue weighted by Gasteiger charge is 2.25. The van der Waals surface area contributed by atoms with Crippen molar-refractivity contribution in [2.24, 2.45) is 5.92 Å². The molecule has 4 nitrogen and oxygen atoms in total. The summed E-state index contributed by atoms with van der Waals surface area (Å²) in [5.74, 6) is 0.0826. The molecule has 1 saturated carbocycles. The lowest BCUT2D eigenvalue weighted by atomic mass is 9.86. The van der Waals surface area contributed by atoms with Gasteiger partial charge < -0.3 is 15.2 Å². The van der Waals surface area contributed by atoms with Crippen LogP contribution in [-0.4, -0.2) is 23.7 Å². The minimum atomic E-state index is -0.653. The Morgan fingerprint density at radius 3 is 2.76 bits per heavy atom. The first kappa shape index (κ1) is 15.7. The number of carboxylic acid groups (broad SMARTS) is 1. The molecule has 1 aromatic carbocycles. The Kier molecular flexibility index (Phi) is 5.90. The molecule has 1 aliphatic carbocycles. The predicted molar refractivity (Wildman–Crippen MR) is 83.8 cm³/mol. The van der Waals surface area contributed by atoms with Crippen molar-refractivity contribution in [1.82, 2.24) is 0 Å². The van der Waals surface area contributed by atoms with Gasteiger partial charge in [-0.2, -0.15) is 0 Å². The molecule has 2 rings (SSSR count). The zero-order valence-corrected chi connectivity index (χ0v) is 12.7. The van der Waals surface area contributed by atoms with Gasteiger partial charge in [0.1, 0.15) is 5.75 Å². The Labute approximate surface area is 126 Å². The number of hydrogen-bond donors (Lipinski definition) is 2. The van der Waals surface area contributed by atoms with E-state index in [4.69, 9.17) is 9.84 Å². The molecule has 116 valence electrons. The normalized spacial score (nSPS) is 21.8. The maximum Gasteiger partial charge on any atom is 0.306 e. The van der Waals surface area contributed by atoms with E-state index in [0.717, 1.165) is 56.6 Å². The number of unbranched alkanes of at least 4 members (excludes halogenated alkanes) is 1. The van der Waals surface area contributed by atoms with Crippen molar-refractivity contribution < 1.29 is 14.6 Å². The second-order valence-electron chi connectivity index (χ2n) is 5.76. The van der Waals surface area contributed by atoms with Crippen LogP contribution in [-0.2, 0) is 4.79 Å². The summed E-state index contributed by atoms with van der Waals surface area (Å²) in [6.45, 7) is 2.90. The van der Waals surface area contributed by atoms with Crippen LogP contribution in [0.4, 0.5) is 5.69 Å². The second-order valence-corrected chi connectivity index (χ2v) is 5.76. The fourth-order valence-electron chi connectivity index (χ4n) is 2.73. The molecule has 1 fully saturated rings. The lowest BCUT2D eigenvalue weighted by Crippen LogP contribution is -2.29. The highest BCUT2D eigenvalue weighted by molar-refractivity contribution is 5.70. The van der Waals surface area contributed by atoms with E-state index in [-0.39, 0.29) is 5.92 Å². The molecule has 21 heavy (non-hydrogen) atoms. The van der Waals surface area contributed by atoms with Gasteiger partial charge in [0, 0.05) is 17.8 Å². The summed E-state index contributed by atoms with van der Waals surface area (Å²) in [4.78, 5) is 11.0. The molecule has 0 saturated heterocycles. The number of hydrogen-bond acceptors (Lipinski definition) is 3. The Morgan fingerprint density at radius 2 is 2.10 bits per heavy atom. The summed E-state index contributed by atoms with van der Waals surface area (Å²) in [5.41, 5.74) is 1.06. The fraction of sp³-hybridized carbons (Fsp3) is 0.588. The standard InChI is InChI=1S/C17H25NO3/c1-2-3-11-21-16-6-4-5-15(12-16)18-14-9-7-13(8-10-14)17(19)20/h4-6,12-14,18H,2-3,7-11H2,1H3,(H,19,20). The van der Waals surface area contributed by atoms with Crippen LogP contribution in [0.25, 0.3) is 0 Å². The van der Waals surface area contributed by atoms with Gasteiger partial charge in [0.25, 0.3) is 0 Å². The molecule has 0 spiro atoms. The van der Waals surface area contributed by atoms with Crippen LogP contribution in [0, 0.1) is 5.92 Å². The zero-order chi connectivity index (χ0) is 15.1. The van der Waals surface area contributed by atoms with Gasteiger partial charge in [-0.15, -0.1) is 0 Å². The molecule has 0 atom stereocenters. The summed E-state index contributed by atoms with van der Waals surface area (Å²) in [5, 5.41) is 12.5. The topological polar surface area (TPSA) is 58.6 Å². The minimum Gasteiger partial charge on any atom is -0.494 e. The molecule has 0 aromatic heterocycles. The molecule has 0 aliphatic heterocycles. The van der Waals surface area contributed by atoms with Crippen molar-refractivity contribution in [2.45, 2.75) is 51.5 Å². The number of nitrogens with one attached hydrogen (secondary N) is 1. The predicted octanol–water partition coefficient (Wildman–Crippen LogP) is 3.92. The quantitative estimate of drug-likeness (QED) is 0.748. The van der Waals surface area contributed by atoms with Gasteiger partial charge in [0.15, 0.2) is 0 Å². The van der Waals surface area contributed by atoms with Crippen molar-refractivity contribution in [3.8, 4) is 5.75 Å². The van der Waals surface area contributed by atoms with Crippen LogP contribution < -0.4 is 10.1 Å². The van der Waals surface area contributed by atoms with Gasteiger partial charge in [0.2, 0.25) is 0 Å². The molecule has 2 N–H and O–H groups in total. The number of aliphatic carboxylic acids is 1. The third-order valence-corrected chi connectivity index (χ3v) is 4.05. The largest absolute Gasteiger partial charge is 0.494 e. The lowest BCUT2D eigenvalue weighted by molar-refractivity contribution is -0.142. The molecule has 0 unspecified atom stereocenters. The summed E-state index contributed by atoms with van der Waals surface area (Å²) in [7, 11) is 0. The van der Waals surface area contributed by atoms with Crippen LogP contribution in [0.1, 0.15) is 45.4 Å². The van der Waals surface area contributed by atoms with Crippen molar-refractivity contribution in [1.29, 1.82) is 0 Å². The first-order valence-electron chi connectivity index (χ1n) is 7.91. The Bertz CT molecular complexity index is 453. The first-order chi connectivity index (χ1) is 10.2. The fourth-order valence-corrected chi connectivity index (χ4v) is 2.73. The van der Waals surface area contributed by atoms with E-state index in [1.165, 1.54) is 0 Å². The second kappa shape index (κ2) is 7.91. The maximum atomic E-state index is 11.0. The lowest BCUT2D eigenvalue weighted by Gasteiger charge is -2.27. The summed E-state index contributed by atoms with van der Waals surface area (Å²) >= 11 is 0. The smallest absolute Gasteiger partial charge is 0.306 e. The van der Waals surface area contributed by atoms with Crippen LogP contribution in [0.2, 0.25) is 0 Å². The van der Waals surface area contributed by atoms with Crippen LogP contribution in [0.5, 0.6) is 5.75 Å². The SMILES string of the molecule is CCCCOc1cccc(NC2CCC(C(=O)O)CC2)c1. The van der Waals surface area contributed by atoms with Gasteiger partial charge >= 0.3 is 5.97 Å². The van der Waals surface area contributed by atoms with Crippen molar-refractivity contribution in [3.63, 3.8) is 0 Å². The van der Waals surface area contributed by atoms with Crippen LogP contribution in [0.3, 0.4) is 0 Å². The monoisotopic (exact) mass is 291 g/mol. The number of carboxylic acids is 1. The van der Waals surface area contributed by atoms with Crippen LogP contribution in [0.15, 0.2) is 24.3 Å². The van der Waals surface area contributed by atoms with Crippen molar-refractivity contribution in [3.05, 3.63) is 24.3 Å². The Balaban J connectivity index is 1.83. The van der Waals surface area contributed by atoms with Gasteiger partial charge in [0.05, 0.1) is 12.5 Å². The number of anilines is 1. The zero-order valence-electron chi connectivity index (χ0n) is 12.7. The average Bonchev–Trinajstić information content (AvgIpc) is 2.48. The molecule has 1 aliphatic rings. The number of benzene rings is 1. The number of carbonyl (C=O) groups is 1. The summed E-state index contributed by atoms with van der Waals surface area (Å²) < 4.78 is 5.71. The third-order valence-electron chi connectivity index (χ3n) is 4.05. The van der Waals surface area contributed by atoms with Crippen LogP contribution >= 0.6 is 0 Å². The first-order valence-corrected chi connectivity index (χ1v) is 7.91. The highest BCUT2D eigenvalue weighted by Crippen LogP contribution is 2.27. The van der Waals surface area contributed by atoms with E-state index < -0.39 is 5.97 Å². The Morgan fingerprint density at radius 1 is 1.33 bits per heavy atom. The molecule has 0 radical (unpaired) electrons. The van der Waals surface area contributed by atoms with E-state index in [1.807, 2.05) is 24.3 Å². The third kappa shape index (κ3) is 4.96. The molecule has 4 heteroatoms. The van der Waals surface area contributed by atoms with Crippen molar-refractivity contribution >= 4 is 11.7 Å². The van der Waals surface area contributed by atoms with Gasteiger partial charge in [-0.3, -0.25) is 4.79 Å². The average molecular weight is 291 g/mol. The van der Waals surface area contributed by atoms with Gasteiger partial charge in [-0.25, -0.2) is 0 Å². The van der Waals surface area contributed by atoms with E-state index in [1.54, 1.807) is 0 Å². The van der Waals surface area contributed by atoms with Gasteiger partial charge in [-0.05, 0) is 44.2 Å². The molecule has 0 bridgehead atoms. The van der Waals surface area contributed by atoms with E-state index in [0.29, 0.717) is 6.04 Å². The molecule has 0 heterocycles. The van der Waals surface area contributed by atoms with Gasteiger partial charge in [-0.1, -0.05) is 19.4 Å². The molecular weight excluding hydrogens is 266 g/mol. The maximum absolute atomic E-state index is 11.0. The molecular formula is C17H25NO3. The highest BCUT2D eigenvalue weighted by atomic mass is 16.5. The molecule has 1 aromatic rings. The van der Waals surface area contributed by atoms with E-state index in [2.05, 4.69) is 12.2 Å².